The average Bonchev–Trinajstić information content (AvgIpc) is 2.95. The number of nitriles is 1. The first-order valence-corrected chi connectivity index (χ1v) is 10.1. The number of nitrogens with zero attached hydrogens (tertiary/aromatic N) is 2. The summed E-state index contributed by atoms with van der Waals surface area (Å²) in [6, 6.07) is 11.1. The van der Waals surface area contributed by atoms with Gasteiger partial charge in [0.25, 0.3) is 0 Å². The Morgan fingerprint density at radius 3 is 2.43 bits per heavy atom. The Morgan fingerprint density at radius 2 is 1.79 bits per heavy atom. The number of benzene rings is 2. The summed E-state index contributed by atoms with van der Waals surface area (Å²) in [5, 5.41) is 10.3. The van der Waals surface area contributed by atoms with Crippen molar-refractivity contribution in [1.29, 1.82) is 5.26 Å². The van der Waals surface area contributed by atoms with Gasteiger partial charge < -0.3 is 9.47 Å². The Balaban J connectivity index is 1.65. The van der Waals surface area contributed by atoms with Gasteiger partial charge in [0.05, 0.1) is 11.8 Å². The average molecular weight is 415 g/mol. The summed E-state index contributed by atoms with van der Waals surface area (Å²) in [4.78, 5) is 4.25. The molecule has 1 saturated carbocycles. The highest BCUT2D eigenvalue weighted by atomic mass is 35.5. The van der Waals surface area contributed by atoms with Crippen LogP contribution < -0.4 is 4.74 Å². The predicted molar refractivity (Wildman–Crippen MR) is 111 cm³/mol. The van der Waals surface area contributed by atoms with Gasteiger partial charge in [0.1, 0.15) is 11.5 Å². The van der Waals surface area contributed by atoms with Crippen LogP contribution >= 0.6 is 23.2 Å². The van der Waals surface area contributed by atoms with Crippen LogP contribution in [-0.4, -0.2) is 18.9 Å². The van der Waals surface area contributed by atoms with Crippen molar-refractivity contribution in [3.05, 3.63) is 57.6 Å². The van der Waals surface area contributed by atoms with Crippen LogP contribution in [0.25, 0.3) is 0 Å². The predicted octanol–water partition coefficient (Wildman–Crippen LogP) is 6.19. The van der Waals surface area contributed by atoms with E-state index in [-0.39, 0.29) is 5.41 Å². The fourth-order valence-electron chi connectivity index (χ4n) is 4.47. The molecule has 28 heavy (non-hydrogen) atoms. The van der Waals surface area contributed by atoms with Crippen LogP contribution in [0.5, 0.6) is 11.5 Å². The molecule has 1 fully saturated rings. The van der Waals surface area contributed by atoms with Crippen LogP contribution in [0, 0.1) is 16.9 Å². The van der Waals surface area contributed by atoms with Crippen molar-refractivity contribution in [2.24, 2.45) is 10.4 Å². The van der Waals surface area contributed by atoms with Crippen LogP contribution in [0.3, 0.4) is 0 Å². The standard InChI is InChI=1S/C22H20Cl2N2O2/c1-27-17-4-6-22(7-5-17)12-14-2-3-18(11-20(14)21(22)26-13-25)28-19-9-15(23)8-16(24)10-19/h2-3,8-11,17H,4-7,12H2,1H3/b26-21+/t17-,22-. The maximum absolute atomic E-state index is 9.31. The summed E-state index contributed by atoms with van der Waals surface area (Å²) in [6.45, 7) is 0. The first-order valence-electron chi connectivity index (χ1n) is 9.30. The van der Waals surface area contributed by atoms with Gasteiger partial charge in [-0.15, -0.1) is 0 Å². The molecule has 0 aromatic heterocycles. The van der Waals surface area contributed by atoms with E-state index >= 15 is 0 Å². The van der Waals surface area contributed by atoms with Crippen LogP contribution in [0.1, 0.15) is 36.8 Å². The van der Waals surface area contributed by atoms with E-state index in [0.29, 0.717) is 27.6 Å². The largest absolute Gasteiger partial charge is 0.457 e. The third kappa shape index (κ3) is 3.63. The zero-order valence-electron chi connectivity index (χ0n) is 15.5. The molecule has 2 aliphatic carbocycles. The maximum Gasteiger partial charge on any atom is 0.205 e. The lowest BCUT2D eigenvalue weighted by Gasteiger charge is -2.36. The van der Waals surface area contributed by atoms with Gasteiger partial charge in [-0.25, -0.2) is 0 Å². The SMILES string of the molecule is CO[C@H]1CC[C@]2(CC1)Cc1ccc(Oc3cc(Cl)cc(Cl)c3)cc1/C2=N\C#N. The minimum Gasteiger partial charge on any atom is -0.457 e. The third-order valence-electron chi connectivity index (χ3n) is 5.82. The molecular weight excluding hydrogens is 395 g/mol. The number of hydrogen-bond donors (Lipinski definition) is 0. The topological polar surface area (TPSA) is 54.6 Å². The monoisotopic (exact) mass is 414 g/mol. The minimum absolute atomic E-state index is 0.0783. The second-order valence-corrected chi connectivity index (χ2v) is 8.35. The van der Waals surface area contributed by atoms with Crippen molar-refractivity contribution in [3.63, 3.8) is 0 Å². The summed E-state index contributed by atoms with van der Waals surface area (Å²) < 4.78 is 11.5. The quantitative estimate of drug-likeness (QED) is 0.562. The molecule has 0 atom stereocenters. The Morgan fingerprint density at radius 1 is 1.07 bits per heavy atom. The Hall–Kier alpha value is -2.06. The van der Waals surface area contributed by atoms with Gasteiger partial charge >= 0.3 is 0 Å². The highest BCUT2D eigenvalue weighted by molar-refractivity contribution is 6.34. The Kier molecular flexibility index (Phi) is 5.33. The molecule has 2 aromatic rings. The normalized spacial score (nSPS) is 24.9. The van der Waals surface area contributed by atoms with E-state index in [1.54, 1.807) is 25.3 Å². The summed E-state index contributed by atoms with van der Waals surface area (Å²) in [7, 11) is 1.77. The first kappa shape index (κ1) is 19.3. The van der Waals surface area contributed by atoms with Gasteiger partial charge in [-0.05, 0) is 68.0 Å². The number of aliphatic imine (C=N–C) groups is 1. The number of rotatable bonds is 3. The number of fused-ring (bicyclic) bond motifs is 1. The second kappa shape index (κ2) is 7.75. The molecule has 4 rings (SSSR count). The highest BCUT2D eigenvalue weighted by Crippen LogP contribution is 2.49. The molecule has 0 bridgehead atoms. The van der Waals surface area contributed by atoms with E-state index in [4.69, 9.17) is 32.7 Å². The van der Waals surface area contributed by atoms with E-state index in [0.717, 1.165) is 43.4 Å². The molecule has 0 saturated heterocycles. The van der Waals surface area contributed by atoms with Crippen LogP contribution in [0.15, 0.2) is 41.4 Å². The van der Waals surface area contributed by atoms with E-state index in [2.05, 4.69) is 11.1 Å². The molecule has 0 heterocycles. The zero-order valence-corrected chi connectivity index (χ0v) is 17.1. The minimum atomic E-state index is -0.0783. The van der Waals surface area contributed by atoms with Gasteiger partial charge in [0.2, 0.25) is 6.19 Å². The van der Waals surface area contributed by atoms with E-state index in [1.807, 2.05) is 18.3 Å². The molecular formula is C22H20Cl2N2O2. The number of ether oxygens (including phenoxy) is 2. The van der Waals surface area contributed by atoms with Crippen molar-refractivity contribution < 1.29 is 9.47 Å². The number of methoxy groups -OCH3 is 1. The third-order valence-corrected chi connectivity index (χ3v) is 6.26. The zero-order chi connectivity index (χ0) is 19.7. The van der Waals surface area contributed by atoms with Crippen LogP contribution in [-0.2, 0) is 11.2 Å². The first-order chi connectivity index (χ1) is 13.5. The maximum atomic E-state index is 9.31. The van der Waals surface area contributed by atoms with Gasteiger partial charge in [-0.3, -0.25) is 0 Å². The summed E-state index contributed by atoms with van der Waals surface area (Å²) in [5.41, 5.74) is 3.02. The smallest absolute Gasteiger partial charge is 0.205 e. The second-order valence-electron chi connectivity index (χ2n) is 7.48. The van der Waals surface area contributed by atoms with Crippen LogP contribution in [0.4, 0.5) is 0 Å². The molecule has 0 amide bonds. The number of halogens is 2. The Labute approximate surface area is 174 Å². The molecule has 2 aliphatic rings. The van der Waals surface area contributed by atoms with Crippen LogP contribution in [0.2, 0.25) is 10.0 Å². The van der Waals surface area contributed by atoms with Crippen molar-refractivity contribution in [2.75, 3.05) is 7.11 Å². The van der Waals surface area contributed by atoms with E-state index in [9.17, 15) is 5.26 Å². The molecule has 0 unspecified atom stereocenters. The lowest BCUT2D eigenvalue weighted by atomic mass is 9.70. The van der Waals surface area contributed by atoms with Gasteiger partial charge in [0, 0.05) is 28.1 Å². The molecule has 4 nitrogen and oxygen atoms in total. The summed E-state index contributed by atoms with van der Waals surface area (Å²) in [6.07, 6.45) is 7.13. The van der Waals surface area contributed by atoms with E-state index < -0.39 is 0 Å². The summed E-state index contributed by atoms with van der Waals surface area (Å²) >= 11 is 12.1. The van der Waals surface area contributed by atoms with Crippen molar-refractivity contribution in [3.8, 4) is 17.7 Å². The Bertz CT molecular complexity index is 953. The molecule has 144 valence electrons. The molecule has 0 radical (unpaired) electrons. The van der Waals surface area contributed by atoms with Gasteiger partial charge in [0.15, 0.2) is 0 Å². The molecule has 0 N–H and O–H groups in total. The molecule has 2 aromatic carbocycles. The van der Waals surface area contributed by atoms with Crippen molar-refractivity contribution >= 4 is 28.9 Å². The fourth-order valence-corrected chi connectivity index (χ4v) is 4.98. The molecule has 6 heteroatoms. The lowest BCUT2D eigenvalue weighted by molar-refractivity contribution is 0.0468. The van der Waals surface area contributed by atoms with Gasteiger partial charge in [-0.2, -0.15) is 10.3 Å². The van der Waals surface area contributed by atoms with Crippen molar-refractivity contribution in [2.45, 2.75) is 38.2 Å². The van der Waals surface area contributed by atoms with Crippen molar-refractivity contribution in [1.82, 2.24) is 0 Å². The molecule has 1 spiro atoms. The molecule has 0 aliphatic heterocycles. The fraction of sp³-hybridized carbons (Fsp3) is 0.364. The summed E-state index contributed by atoms with van der Waals surface area (Å²) in [5.74, 6) is 1.25. The highest BCUT2D eigenvalue weighted by Gasteiger charge is 2.45. The van der Waals surface area contributed by atoms with E-state index in [1.165, 1.54) is 5.56 Å². The lowest BCUT2D eigenvalue weighted by Crippen LogP contribution is -2.35. The number of hydrogen-bond acceptors (Lipinski definition) is 4. The van der Waals surface area contributed by atoms with Gasteiger partial charge in [-0.1, -0.05) is 29.3 Å².